The third kappa shape index (κ3) is 9.10. The normalized spacial score (nSPS) is 13.4. The van der Waals surface area contributed by atoms with Crippen molar-refractivity contribution in [3.63, 3.8) is 0 Å². The lowest BCUT2D eigenvalue weighted by Crippen LogP contribution is -2.49. The maximum Gasteiger partial charge on any atom is 0.408 e. The van der Waals surface area contributed by atoms with Gasteiger partial charge in [0.2, 0.25) is 10.0 Å². The van der Waals surface area contributed by atoms with Crippen molar-refractivity contribution < 1.29 is 32.4 Å². The Morgan fingerprint density at radius 1 is 1.11 bits per heavy atom. The highest BCUT2D eigenvalue weighted by Gasteiger charge is 2.39. The third-order valence-corrected chi connectivity index (χ3v) is 7.13. The first-order valence-corrected chi connectivity index (χ1v) is 12.7. The zero-order chi connectivity index (χ0) is 27.2. The number of nitrogens with one attached hydrogen (secondary N) is 1. The first kappa shape index (κ1) is 30.3. The number of hydrogen-bond donors (Lipinski definition) is 1. The number of non-ortho nitro benzene ring substituents is 1. The summed E-state index contributed by atoms with van der Waals surface area (Å²) in [5.41, 5.74) is -1.58. The number of hydrogen-bond acceptors (Lipinski definition) is 8. The molecule has 0 spiro atoms. The molecule has 1 N–H and O–H groups in total. The Balaban J connectivity index is 3.11. The minimum Gasteiger partial charge on any atom is -0.468 e. The zero-order valence-corrected chi connectivity index (χ0v) is 22.5. The molecule has 0 heterocycles. The molecular formula is C23H37N3O8S. The average Bonchev–Trinajstić information content (AvgIpc) is 2.69. The van der Waals surface area contributed by atoms with Gasteiger partial charge in [-0.25, -0.2) is 13.2 Å². The Hall–Kier alpha value is -2.73. The average molecular weight is 516 g/mol. The third-order valence-electron chi connectivity index (χ3n) is 5.03. The van der Waals surface area contributed by atoms with Crippen LogP contribution in [0.25, 0.3) is 0 Å². The van der Waals surface area contributed by atoms with Crippen LogP contribution in [0.5, 0.6) is 0 Å². The fourth-order valence-electron chi connectivity index (χ4n) is 3.53. The van der Waals surface area contributed by atoms with Crippen LogP contribution in [0.15, 0.2) is 29.2 Å². The quantitative estimate of drug-likeness (QED) is 0.264. The fraction of sp³-hybridized carbons (Fsp3) is 0.652. The fourth-order valence-corrected chi connectivity index (χ4v) is 5.34. The van der Waals surface area contributed by atoms with E-state index in [-0.39, 0.29) is 17.0 Å². The molecule has 0 aromatic heterocycles. The number of methoxy groups -OCH3 is 1. The molecular weight excluding hydrogens is 478 g/mol. The number of ether oxygens (including phenoxy) is 2. The molecule has 0 saturated heterocycles. The minimum absolute atomic E-state index is 0.135. The van der Waals surface area contributed by atoms with E-state index in [2.05, 4.69) is 5.32 Å². The molecule has 0 saturated carbocycles. The van der Waals surface area contributed by atoms with Crippen LogP contribution in [0, 0.1) is 10.1 Å². The summed E-state index contributed by atoms with van der Waals surface area (Å²) in [6, 6.07) is 2.76. The topological polar surface area (TPSA) is 145 Å². The molecule has 0 radical (unpaired) electrons. The Labute approximate surface area is 207 Å². The number of nitro groups is 1. The van der Waals surface area contributed by atoms with E-state index < -0.39 is 50.2 Å². The van der Waals surface area contributed by atoms with E-state index >= 15 is 0 Å². The highest BCUT2D eigenvalue weighted by molar-refractivity contribution is 7.89. The van der Waals surface area contributed by atoms with E-state index in [1.165, 1.54) is 7.11 Å². The molecule has 35 heavy (non-hydrogen) atoms. The van der Waals surface area contributed by atoms with Gasteiger partial charge in [0.1, 0.15) is 11.6 Å². The number of alkyl carbamates (subject to hydrolysis) is 1. The predicted octanol–water partition coefficient (Wildman–Crippen LogP) is 4.01. The maximum atomic E-state index is 13.4. The number of esters is 1. The van der Waals surface area contributed by atoms with Gasteiger partial charge in [0.25, 0.3) is 5.69 Å². The van der Waals surface area contributed by atoms with Crippen molar-refractivity contribution >= 4 is 27.8 Å². The lowest BCUT2D eigenvalue weighted by molar-refractivity contribution is -0.384. The lowest BCUT2D eigenvalue weighted by Gasteiger charge is -2.33. The molecule has 1 aromatic rings. The Bertz CT molecular complexity index is 999. The summed E-state index contributed by atoms with van der Waals surface area (Å²) in [5, 5.41) is 13.7. The van der Waals surface area contributed by atoms with Gasteiger partial charge in [-0.3, -0.25) is 14.9 Å². The van der Waals surface area contributed by atoms with E-state index in [9.17, 15) is 28.1 Å². The van der Waals surface area contributed by atoms with Gasteiger partial charge in [-0.2, -0.15) is 4.31 Å². The first-order chi connectivity index (χ1) is 15.9. The first-order valence-electron chi connectivity index (χ1n) is 11.3. The van der Waals surface area contributed by atoms with Gasteiger partial charge >= 0.3 is 12.1 Å². The molecule has 1 rings (SSSR count). The number of amides is 1. The summed E-state index contributed by atoms with van der Waals surface area (Å²) in [5.74, 6) is -0.720. The Morgan fingerprint density at radius 3 is 2.09 bits per heavy atom. The van der Waals surface area contributed by atoms with Crippen LogP contribution in [-0.2, 0) is 24.3 Å². The van der Waals surface area contributed by atoms with Crippen molar-refractivity contribution in [1.82, 2.24) is 9.62 Å². The molecule has 1 atom stereocenters. The summed E-state index contributed by atoms with van der Waals surface area (Å²) >= 11 is 0. The standard InChI is InChI=1S/C23H37N3O8S/c1-16(2)25(35(31,32)18-13-11-17(12-14-18)26(29)30)19(20(27)33-8)10-9-15-23(6,7)24-21(28)34-22(3,4)5/h11-14,16,19H,9-10,15H2,1-8H3,(H,24,28)/t19-/m0/s1. The van der Waals surface area contributed by atoms with E-state index in [1.807, 2.05) is 0 Å². The number of sulfonamides is 1. The van der Waals surface area contributed by atoms with E-state index in [4.69, 9.17) is 9.47 Å². The van der Waals surface area contributed by atoms with Crippen LogP contribution in [0.4, 0.5) is 10.5 Å². The van der Waals surface area contributed by atoms with Crippen LogP contribution in [0.3, 0.4) is 0 Å². The maximum absolute atomic E-state index is 13.4. The highest BCUT2D eigenvalue weighted by atomic mass is 32.2. The number of nitrogens with zero attached hydrogens (tertiary/aromatic N) is 2. The van der Waals surface area contributed by atoms with Crippen LogP contribution in [-0.4, -0.2) is 60.0 Å². The van der Waals surface area contributed by atoms with E-state index in [1.54, 1.807) is 48.5 Å². The van der Waals surface area contributed by atoms with E-state index in [0.29, 0.717) is 12.8 Å². The molecule has 12 heteroatoms. The van der Waals surface area contributed by atoms with Crippen molar-refractivity contribution in [1.29, 1.82) is 0 Å². The monoisotopic (exact) mass is 515 g/mol. The molecule has 11 nitrogen and oxygen atoms in total. The molecule has 0 aliphatic carbocycles. The summed E-state index contributed by atoms with van der Waals surface area (Å²) in [6.07, 6.45) is 0.387. The van der Waals surface area contributed by atoms with E-state index in [0.717, 1.165) is 28.6 Å². The van der Waals surface area contributed by atoms with Crippen LogP contribution in [0.1, 0.15) is 67.7 Å². The van der Waals surface area contributed by atoms with Crippen LogP contribution >= 0.6 is 0 Å². The molecule has 0 bridgehead atoms. The summed E-state index contributed by atoms with van der Waals surface area (Å²) in [6.45, 7) is 12.1. The Morgan fingerprint density at radius 2 is 1.66 bits per heavy atom. The predicted molar refractivity (Wildman–Crippen MR) is 130 cm³/mol. The second-order valence-corrected chi connectivity index (χ2v) is 12.0. The Kier molecular flexibility index (Phi) is 10.2. The van der Waals surface area contributed by atoms with Crippen LogP contribution in [0.2, 0.25) is 0 Å². The molecule has 1 amide bonds. The number of benzene rings is 1. The highest BCUT2D eigenvalue weighted by Crippen LogP contribution is 2.27. The molecule has 0 aliphatic rings. The summed E-state index contributed by atoms with van der Waals surface area (Å²) < 4.78 is 38.1. The van der Waals surface area contributed by atoms with Gasteiger partial charge in [-0.05, 0) is 79.9 Å². The van der Waals surface area contributed by atoms with Gasteiger partial charge in [-0.15, -0.1) is 0 Å². The van der Waals surface area contributed by atoms with Crippen molar-refractivity contribution in [3.8, 4) is 0 Å². The van der Waals surface area contributed by atoms with Crippen molar-refractivity contribution in [2.75, 3.05) is 7.11 Å². The van der Waals surface area contributed by atoms with Crippen molar-refractivity contribution in [2.45, 2.75) is 95.8 Å². The zero-order valence-electron chi connectivity index (χ0n) is 21.7. The summed E-state index contributed by atoms with van der Waals surface area (Å²) in [7, 11) is -3.00. The number of rotatable bonds is 11. The lowest BCUT2D eigenvalue weighted by atomic mass is 9.95. The number of carbonyl (C=O) groups excluding carboxylic acids is 2. The second kappa shape index (κ2) is 11.8. The van der Waals surface area contributed by atoms with Gasteiger partial charge in [0, 0.05) is 23.7 Å². The number of nitro benzene ring substituents is 1. The number of carbonyl (C=O) groups is 2. The smallest absolute Gasteiger partial charge is 0.408 e. The van der Waals surface area contributed by atoms with Crippen molar-refractivity contribution in [3.05, 3.63) is 34.4 Å². The van der Waals surface area contributed by atoms with Crippen molar-refractivity contribution in [2.24, 2.45) is 0 Å². The van der Waals surface area contributed by atoms with Crippen LogP contribution < -0.4 is 5.32 Å². The molecule has 1 aromatic carbocycles. The molecule has 0 unspecified atom stereocenters. The molecule has 198 valence electrons. The minimum atomic E-state index is -4.18. The van der Waals surface area contributed by atoms with Gasteiger partial charge in [-0.1, -0.05) is 0 Å². The molecule has 0 aliphatic heterocycles. The molecule has 0 fully saturated rings. The van der Waals surface area contributed by atoms with Gasteiger partial charge in [0.15, 0.2) is 0 Å². The second-order valence-electron chi connectivity index (χ2n) is 10.1. The van der Waals surface area contributed by atoms with Gasteiger partial charge in [0.05, 0.1) is 16.9 Å². The summed E-state index contributed by atoms with van der Waals surface area (Å²) in [4.78, 5) is 34.9. The SMILES string of the molecule is COC(=O)[C@H](CCCC(C)(C)NC(=O)OC(C)(C)C)N(C(C)C)S(=O)(=O)c1ccc([N+](=O)[O-])cc1. The van der Waals surface area contributed by atoms with Gasteiger partial charge < -0.3 is 14.8 Å². The largest absolute Gasteiger partial charge is 0.468 e.